The molecule has 0 aliphatic carbocycles. The van der Waals surface area contributed by atoms with Gasteiger partial charge in [-0.1, -0.05) is 0 Å². The molecule has 1 unspecified atom stereocenters. The van der Waals surface area contributed by atoms with Crippen molar-refractivity contribution in [3.8, 4) is 0 Å². The highest BCUT2D eigenvalue weighted by Crippen LogP contribution is 2.13. The van der Waals surface area contributed by atoms with Crippen LogP contribution in [-0.2, 0) is 9.59 Å². The molecule has 2 heterocycles. The normalized spacial score (nSPS) is 25.3. The lowest BCUT2D eigenvalue weighted by atomic mass is 10.00. The van der Waals surface area contributed by atoms with Crippen molar-refractivity contribution in [2.75, 3.05) is 26.2 Å². The number of nitrogens with zero attached hydrogens (tertiary/aromatic N) is 2. The third-order valence-corrected chi connectivity index (χ3v) is 3.01. The molecule has 1 saturated heterocycles. The molecule has 2 rings (SSSR count). The van der Waals surface area contributed by atoms with E-state index in [0.29, 0.717) is 5.71 Å². The van der Waals surface area contributed by atoms with Crippen molar-refractivity contribution in [3.63, 3.8) is 0 Å². The first kappa shape index (κ1) is 11.1. The van der Waals surface area contributed by atoms with Gasteiger partial charge in [-0.05, 0) is 6.92 Å². The maximum Gasteiger partial charge on any atom is 0.249 e. The number of carbonyl (C=O) groups excluding carboxylic acids is 2. The summed E-state index contributed by atoms with van der Waals surface area (Å²) in [5.74, 6) is -0.499. The molecule has 0 radical (unpaired) electrons. The van der Waals surface area contributed by atoms with Crippen LogP contribution in [-0.4, -0.2) is 48.6 Å². The predicted octanol–water partition coefficient (Wildman–Crippen LogP) is -1.07. The molecule has 0 bridgehead atoms. The van der Waals surface area contributed by atoms with Gasteiger partial charge < -0.3 is 10.2 Å². The van der Waals surface area contributed by atoms with E-state index < -0.39 is 0 Å². The van der Waals surface area contributed by atoms with Crippen LogP contribution in [0, 0.1) is 5.92 Å². The van der Waals surface area contributed by atoms with Gasteiger partial charge in [0.15, 0.2) is 0 Å². The molecular weight excluding hydrogens is 208 g/mol. The van der Waals surface area contributed by atoms with E-state index in [0.717, 1.165) is 26.2 Å². The van der Waals surface area contributed by atoms with Crippen LogP contribution < -0.4 is 10.7 Å². The summed E-state index contributed by atoms with van der Waals surface area (Å²) < 4.78 is 0. The number of hydrazone groups is 1. The Kier molecular flexibility index (Phi) is 3.19. The molecule has 88 valence electrons. The van der Waals surface area contributed by atoms with E-state index in [4.69, 9.17) is 0 Å². The Morgan fingerprint density at radius 2 is 2.19 bits per heavy atom. The highest BCUT2D eigenvalue weighted by molar-refractivity contribution is 6.09. The third-order valence-electron chi connectivity index (χ3n) is 3.01. The van der Waals surface area contributed by atoms with Crippen molar-refractivity contribution in [2.45, 2.75) is 13.3 Å². The highest BCUT2D eigenvalue weighted by Gasteiger charge is 2.31. The molecule has 0 aromatic heterocycles. The Morgan fingerprint density at radius 3 is 2.75 bits per heavy atom. The van der Waals surface area contributed by atoms with Gasteiger partial charge in [0.1, 0.15) is 0 Å². The average Bonchev–Trinajstić information content (AvgIpc) is 2.62. The van der Waals surface area contributed by atoms with Gasteiger partial charge in [-0.15, -0.1) is 0 Å². The van der Waals surface area contributed by atoms with Gasteiger partial charge in [-0.3, -0.25) is 9.59 Å². The molecular formula is C10H16N4O2. The molecule has 6 heteroatoms. The summed E-state index contributed by atoms with van der Waals surface area (Å²) >= 11 is 0. The Balaban J connectivity index is 1.91. The van der Waals surface area contributed by atoms with Crippen molar-refractivity contribution in [1.29, 1.82) is 0 Å². The first-order chi connectivity index (χ1) is 7.68. The van der Waals surface area contributed by atoms with E-state index in [1.807, 2.05) is 0 Å². The summed E-state index contributed by atoms with van der Waals surface area (Å²) in [6.45, 7) is 4.88. The van der Waals surface area contributed by atoms with Crippen molar-refractivity contribution in [3.05, 3.63) is 0 Å². The average molecular weight is 224 g/mol. The van der Waals surface area contributed by atoms with Crippen LogP contribution in [0.4, 0.5) is 0 Å². The number of hydrogen-bond donors (Lipinski definition) is 2. The first-order valence-electron chi connectivity index (χ1n) is 5.51. The zero-order valence-electron chi connectivity index (χ0n) is 9.32. The van der Waals surface area contributed by atoms with Gasteiger partial charge in [0.25, 0.3) is 0 Å². The lowest BCUT2D eigenvalue weighted by Crippen LogP contribution is -2.47. The predicted molar refractivity (Wildman–Crippen MR) is 58.8 cm³/mol. The lowest BCUT2D eigenvalue weighted by molar-refractivity contribution is -0.135. The Bertz CT molecular complexity index is 334. The van der Waals surface area contributed by atoms with Crippen LogP contribution in [0.1, 0.15) is 13.3 Å². The van der Waals surface area contributed by atoms with Crippen LogP contribution in [0.2, 0.25) is 0 Å². The van der Waals surface area contributed by atoms with Gasteiger partial charge >= 0.3 is 0 Å². The Labute approximate surface area is 94.1 Å². The van der Waals surface area contributed by atoms with Crippen LogP contribution >= 0.6 is 0 Å². The van der Waals surface area contributed by atoms with E-state index in [1.165, 1.54) is 0 Å². The summed E-state index contributed by atoms with van der Waals surface area (Å²) in [4.78, 5) is 25.1. The topological polar surface area (TPSA) is 73.8 Å². The summed E-state index contributed by atoms with van der Waals surface area (Å²) in [6.07, 6.45) is 0.237. The maximum atomic E-state index is 11.9. The van der Waals surface area contributed by atoms with E-state index in [-0.39, 0.29) is 24.2 Å². The fourth-order valence-electron chi connectivity index (χ4n) is 1.95. The quantitative estimate of drug-likeness (QED) is 0.627. The number of nitrogens with one attached hydrogen (secondary N) is 2. The molecule has 6 nitrogen and oxygen atoms in total. The van der Waals surface area contributed by atoms with Crippen LogP contribution in [0.5, 0.6) is 0 Å². The van der Waals surface area contributed by atoms with E-state index in [2.05, 4.69) is 15.8 Å². The first-order valence-corrected chi connectivity index (χ1v) is 5.51. The molecule has 1 atom stereocenters. The van der Waals surface area contributed by atoms with E-state index in [9.17, 15) is 9.59 Å². The van der Waals surface area contributed by atoms with E-state index in [1.54, 1.807) is 11.8 Å². The standard InChI is InChI=1S/C10H16N4O2/c1-7-8(10(16)13-12-7)6-9(15)14-4-2-11-3-5-14/h8,11H,2-6H2,1H3,(H,13,16). The van der Waals surface area contributed by atoms with Crippen molar-refractivity contribution < 1.29 is 9.59 Å². The van der Waals surface area contributed by atoms with E-state index >= 15 is 0 Å². The number of piperazine rings is 1. The molecule has 0 spiro atoms. The van der Waals surface area contributed by atoms with Gasteiger partial charge in [0.05, 0.1) is 5.92 Å². The second-order valence-corrected chi connectivity index (χ2v) is 4.12. The fourth-order valence-corrected chi connectivity index (χ4v) is 1.95. The fraction of sp³-hybridized carbons (Fsp3) is 0.700. The minimum Gasteiger partial charge on any atom is -0.340 e. The molecule has 0 aromatic carbocycles. The second kappa shape index (κ2) is 4.61. The number of amides is 2. The minimum atomic E-state index is -0.373. The molecule has 2 aliphatic rings. The minimum absolute atomic E-state index is 0.0399. The smallest absolute Gasteiger partial charge is 0.249 e. The number of rotatable bonds is 2. The van der Waals surface area contributed by atoms with Crippen molar-refractivity contribution in [2.24, 2.45) is 11.0 Å². The largest absolute Gasteiger partial charge is 0.340 e. The molecule has 1 fully saturated rings. The molecule has 2 aliphatic heterocycles. The Hall–Kier alpha value is -1.43. The highest BCUT2D eigenvalue weighted by atomic mass is 16.2. The molecule has 2 amide bonds. The van der Waals surface area contributed by atoms with Gasteiger partial charge in [-0.2, -0.15) is 5.10 Å². The van der Waals surface area contributed by atoms with Crippen molar-refractivity contribution >= 4 is 17.5 Å². The monoisotopic (exact) mass is 224 g/mol. The SMILES string of the molecule is CC1=NNC(=O)C1CC(=O)N1CCNCC1. The Morgan fingerprint density at radius 1 is 1.50 bits per heavy atom. The summed E-state index contributed by atoms with van der Waals surface area (Å²) in [5, 5.41) is 7.01. The second-order valence-electron chi connectivity index (χ2n) is 4.12. The lowest BCUT2D eigenvalue weighted by Gasteiger charge is -2.28. The molecule has 0 saturated carbocycles. The summed E-state index contributed by atoms with van der Waals surface area (Å²) in [7, 11) is 0. The zero-order valence-corrected chi connectivity index (χ0v) is 9.32. The third kappa shape index (κ3) is 2.21. The summed E-state index contributed by atoms with van der Waals surface area (Å²) in [5.41, 5.74) is 3.10. The van der Waals surface area contributed by atoms with Crippen LogP contribution in [0.15, 0.2) is 5.10 Å². The number of carbonyl (C=O) groups is 2. The number of hydrogen-bond acceptors (Lipinski definition) is 4. The molecule has 0 aromatic rings. The van der Waals surface area contributed by atoms with Gasteiger partial charge in [0.2, 0.25) is 11.8 Å². The maximum absolute atomic E-state index is 11.9. The zero-order chi connectivity index (χ0) is 11.5. The van der Waals surface area contributed by atoms with Crippen LogP contribution in [0.25, 0.3) is 0 Å². The molecule has 16 heavy (non-hydrogen) atoms. The van der Waals surface area contributed by atoms with Crippen LogP contribution in [0.3, 0.4) is 0 Å². The van der Waals surface area contributed by atoms with Gasteiger partial charge in [0, 0.05) is 38.3 Å². The molecule has 2 N–H and O–H groups in total. The van der Waals surface area contributed by atoms with Crippen molar-refractivity contribution in [1.82, 2.24) is 15.6 Å². The van der Waals surface area contributed by atoms with Gasteiger partial charge in [-0.25, -0.2) is 5.43 Å². The summed E-state index contributed by atoms with van der Waals surface area (Å²) in [6, 6.07) is 0.